The van der Waals surface area contributed by atoms with Crippen LogP contribution in [0.5, 0.6) is 0 Å². The first-order chi connectivity index (χ1) is 11.5. The minimum atomic E-state index is -0.772. The molecule has 0 heterocycles. The largest absolute Gasteiger partial charge is 0.469 e. The number of rotatable bonds is 6. The van der Waals surface area contributed by atoms with Gasteiger partial charge in [-0.15, -0.1) is 0 Å². The highest BCUT2D eigenvalue weighted by Crippen LogP contribution is 2.41. The average Bonchev–Trinajstić information content (AvgIpc) is 3.38. The summed E-state index contributed by atoms with van der Waals surface area (Å²) in [6, 6.07) is 9.15. The predicted molar refractivity (Wildman–Crippen MR) is 83.5 cm³/mol. The summed E-state index contributed by atoms with van der Waals surface area (Å²) in [5.41, 5.74) is 0.774. The van der Waals surface area contributed by atoms with Gasteiger partial charge in [-0.3, -0.25) is 10.1 Å². The van der Waals surface area contributed by atoms with Crippen LogP contribution in [0.2, 0.25) is 0 Å². The van der Waals surface area contributed by atoms with E-state index in [2.05, 4.69) is 14.8 Å². The molecule has 1 amide bonds. The smallest absolute Gasteiger partial charge is 0.412 e. The second kappa shape index (κ2) is 8.14. The molecule has 1 aliphatic rings. The van der Waals surface area contributed by atoms with Crippen molar-refractivity contribution in [1.82, 2.24) is 5.32 Å². The van der Waals surface area contributed by atoms with E-state index in [1.807, 2.05) is 30.3 Å². The average molecular weight is 333 g/mol. The van der Waals surface area contributed by atoms with E-state index in [0.29, 0.717) is 6.42 Å². The predicted octanol–water partition coefficient (Wildman–Crippen LogP) is 1.78. The summed E-state index contributed by atoms with van der Waals surface area (Å²) in [6.45, 7) is 0.0787. The topological polar surface area (TPSA) is 90.9 Å². The highest BCUT2D eigenvalue weighted by molar-refractivity contribution is 5.92. The summed E-state index contributed by atoms with van der Waals surface area (Å²) in [7, 11) is 2.51. The third-order valence-electron chi connectivity index (χ3n) is 3.58. The molecule has 0 aliphatic heterocycles. The Morgan fingerprint density at radius 1 is 1.17 bits per heavy atom. The number of esters is 2. The molecular weight excluding hydrogens is 314 g/mol. The molecule has 0 bridgehead atoms. The second-order valence-corrected chi connectivity index (χ2v) is 5.29. The molecule has 0 unspecified atom stereocenters. The molecular formula is C17H19NO6. The van der Waals surface area contributed by atoms with Crippen molar-refractivity contribution in [2.75, 3.05) is 14.2 Å². The number of alkyl carbamates (subject to hydrolysis) is 1. The molecule has 2 rings (SSSR count). The Bertz CT molecular complexity index is 640. The van der Waals surface area contributed by atoms with Gasteiger partial charge >= 0.3 is 18.0 Å². The number of methoxy groups -OCH3 is 2. The van der Waals surface area contributed by atoms with E-state index >= 15 is 0 Å². The monoisotopic (exact) mass is 333 g/mol. The molecule has 7 heteroatoms. The molecule has 7 nitrogen and oxygen atoms in total. The summed E-state index contributed by atoms with van der Waals surface area (Å²) in [5, 5.41) is 2.36. The van der Waals surface area contributed by atoms with E-state index in [-0.39, 0.29) is 30.1 Å². The Morgan fingerprint density at radius 2 is 1.88 bits per heavy atom. The molecule has 0 spiro atoms. The van der Waals surface area contributed by atoms with E-state index in [1.165, 1.54) is 20.3 Å². The minimum absolute atomic E-state index is 0.0491. The third-order valence-corrected chi connectivity index (χ3v) is 3.58. The SMILES string of the molecule is COC(=O)/C(=C\[C@H]1C[C@@H]1C(=O)OC)NC(=O)OCc1ccccc1. The Labute approximate surface area is 139 Å². The molecule has 1 aromatic carbocycles. The van der Waals surface area contributed by atoms with E-state index in [4.69, 9.17) is 4.74 Å². The maximum Gasteiger partial charge on any atom is 0.412 e. The maximum atomic E-state index is 11.8. The Balaban J connectivity index is 1.93. The molecule has 1 aromatic rings. The van der Waals surface area contributed by atoms with Crippen molar-refractivity contribution in [3.8, 4) is 0 Å². The third kappa shape index (κ3) is 4.84. The molecule has 0 aromatic heterocycles. The zero-order valence-corrected chi connectivity index (χ0v) is 13.5. The van der Waals surface area contributed by atoms with Gasteiger partial charge in [-0.05, 0) is 24.0 Å². The molecule has 0 saturated heterocycles. The van der Waals surface area contributed by atoms with Crippen molar-refractivity contribution in [3.05, 3.63) is 47.7 Å². The van der Waals surface area contributed by atoms with Crippen molar-refractivity contribution in [3.63, 3.8) is 0 Å². The van der Waals surface area contributed by atoms with Crippen molar-refractivity contribution in [2.24, 2.45) is 11.8 Å². The number of carbonyl (C=O) groups excluding carboxylic acids is 3. The lowest BCUT2D eigenvalue weighted by atomic mass is 10.2. The van der Waals surface area contributed by atoms with Crippen LogP contribution in [-0.2, 0) is 30.4 Å². The molecule has 2 atom stereocenters. The summed E-state index contributed by atoms with van der Waals surface area (Å²) in [5.74, 6) is -1.51. The Kier molecular flexibility index (Phi) is 5.95. The maximum absolute atomic E-state index is 11.8. The number of nitrogens with one attached hydrogen (secondary N) is 1. The van der Waals surface area contributed by atoms with E-state index in [0.717, 1.165) is 5.56 Å². The molecule has 0 radical (unpaired) electrons. The quantitative estimate of drug-likeness (QED) is 0.485. The van der Waals surface area contributed by atoms with Crippen LogP contribution in [0.1, 0.15) is 12.0 Å². The second-order valence-electron chi connectivity index (χ2n) is 5.29. The Hall–Kier alpha value is -2.83. The van der Waals surface area contributed by atoms with Crippen LogP contribution in [0, 0.1) is 11.8 Å². The van der Waals surface area contributed by atoms with Gasteiger partial charge < -0.3 is 14.2 Å². The standard InChI is InChI=1S/C17H19NO6/c1-22-15(19)13-8-12(13)9-14(16(20)23-2)18-17(21)24-10-11-6-4-3-5-7-11/h3-7,9,12-13H,8,10H2,1-2H3,(H,18,21)/b14-9+/t12-,13+/m1/s1. The van der Waals surface area contributed by atoms with Crippen LogP contribution in [0.3, 0.4) is 0 Å². The van der Waals surface area contributed by atoms with Crippen molar-refractivity contribution < 1.29 is 28.6 Å². The van der Waals surface area contributed by atoms with Gasteiger partial charge in [0.2, 0.25) is 0 Å². The van der Waals surface area contributed by atoms with Gasteiger partial charge in [0.15, 0.2) is 0 Å². The van der Waals surface area contributed by atoms with Crippen LogP contribution in [0.15, 0.2) is 42.1 Å². The van der Waals surface area contributed by atoms with Gasteiger partial charge in [0.05, 0.1) is 20.1 Å². The number of hydrogen-bond acceptors (Lipinski definition) is 6. The van der Waals surface area contributed by atoms with Crippen molar-refractivity contribution in [2.45, 2.75) is 13.0 Å². The van der Waals surface area contributed by atoms with E-state index in [9.17, 15) is 14.4 Å². The number of amides is 1. The van der Waals surface area contributed by atoms with Gasteiger partial charge in [0.25, 0.3) is 0 Å². The molecule has 24 heavy (non-hydrogen) atoms. The summed E-state index contributed by atoms with van der Waals surface area (Å²) in [6.07, 6.45) is 1.29. The minimum Gasteiger partial charge on any atom is -0.469 e. The lowest BCUT2D eigenvalue weighted by molar-refractivity contribution is -0.142. The normalized spacial score (nSPS) is 19.2. The van der Waals surface area contributed by atoms with Crippen LogP contribution >= 0.6 is 0 Å². The first-order valence-electron chi connectivity index (χ1n) is 7.40. The van der Waals surface area contributed by atoms with Gasteiger partial charge in [-0.1, -0.05) is 30.3 Å². The van der Waals surface area contributed by atoms with Crippen LogP contribution in [0.25, 0.3) is 0 Å². The lowest BCUT2D eigenvalue weighted by Gasteiger charge is -2.09. The summed E-state index contributed by atoms with van der Waals surface area (Å²) in [4.78, 5) is 35.0. The fourth-order valence-corrected chi connectivity index (χ4v) is 2.18. The number of hydrogen-bond donors (Lipinski definition) is 1. The van der Waals surface area contributed by atoms with Crippen LogP contribution < -0.4 is 5.32 Å². The molecule has 1 saturated carbocycles. The van der Waals surface area contributed by atoms with Gasteiger partial charge in [-0.25, -0.2) is 9.59 Å². The highest BCUT2D eigenvalue weighted by Gasteiger charge is 2.43. The van der Waals surface area contributed by atoms with Gasteiger partial charge in [0.1, 0.15) is 12.3 Å². The fraction of sp³-hybridized carbons (Fsp3) is 0.353. The molecule has 128 valence electrons. The Morgan fingerprint density at radius 3 is 2.50 bits per heavy atom. The summed E-state index contributed by atoms with van der Waals surface area (Å²) >= 11 is 0. The fourth-order valence-electron chi connectivity index (χ4n) is 2.18. The van der Waals surface area contributed by atoms with Gasteiger partial charge in [-0.2, -0.15) is 0 Å². The number of benzene rings is 1. The number of carbonyl (C=O) groups is 3. The van der Waals surface area contributed by atoms with Crippen molar-refractivity contribution in [1.29, 1.82) is 0 Å². The van der Waals surface area contributed by atoms with Crippen LogP contribution in [0.4, 0.5) is 4.79 Å². The van der Waals surface area contributed by atoms with E-state index < -0.39 is 12.1 Å². The van der Waals surface area contributed by atoms with Crippen LogP contribution in [-0.4, -0.2) is 32.3 Å². The number of ether oxygens (including phenoxy) is 3. The lowest BCUT2D eigenvalue weighted by Crippen LogP contribution is -2.29. The molecule has 1 N–H and O–H groups in total. The summed E-state index contributed by atoms with van der Waals surface area (Å²) < 4.78 is 14.3. The zero-order valence-electron chi connectivity index (χ0n) is 13.5. The first-order valence-corrected chi connectivity index (χ1v) is 7.40. The zero-order chi connectivity index (χ0) is 17.5. The molecule has 1 fully saturated rings. The van der Waals surface area contributed by atoms with Gasteiger partial charge in [0, 0.05) is 0 Å². The number of allylic oxidation sites excluding steroid dienone is 1. The van der Waals surface area contributed by atoms with Crippen molar-refractivity contribution >= 4 is 18.0 Å². The molecule has 1 aliphatic carbocycles. The van der Waals surface area contributed by atoms with E-state index in [1.54, 1.807) is 0 Å². The highest BCUT2D eigenvalue weighted by atomic mass is 16.6. The first kappa shape index (κ1) is 17.5.